The third kappa shape index (κ3) is 16.1. The first-order valence-corrected chi connectivity index (χ1v) is 11.3. The summed E-state index contributed by atoms with van der Waals surface area (Å²) in [6.07, 6.45) is 17.5. The predicted molar refractivity (Wildman–Crippen MR) is 114 cm³/mol. The Morgan fingerprint density at radius 2 is 1.17 bits per heavy atom. The summed E-state index contributed by atoms with van der Waals surface area (Å²) in [6.45, 7) is 2.42. The van der Waals surface area contributed by atoms with E-state index >= 15 is 0 Å². The van der Waals surface area contributed by atoms with Crippen molar-refractivity contribution in [3.8, 4) is 0 Å². The Morgan fingerprint density at radius 1 is 0.724 bits per heavy atom. The Hall–Kier alpha value is -1.40. The molecule has 0 rings (SSSR count). The number of rotatable bonds is 19. The van der Waals surface area contributed by atoms with Gasteiger partial charge in [0.15, 0.2) is 12.2 Å². The fourth-order valence-corrected chi connectivity index (χ4v) is 2.99. The summed E-state index contributed by atoms with van der Waals surface area (Å²) in [5.41, 5.74) is 0. The molecule has 0 aliphatic heterocycles. The van der Waals surface area contributed by atoms with Crippen molar-refractivity contribution < 1.29 is 29.3 Å². The van der Waals surface area contributed by atoms with Crippen LogP contribution in [0.4, 0.5) is 0 Å². The van der Waals surface area contributed by atoms with Gasteiger partial charge in [-0.05, 0) is 32.1 Å². The first kappa shape index (κ1) is 27.6. The molecule has 0 aromatic heterocycles. The molecule has 0 saturated carbocycles. The summed E-state index contributed by atoms with van der Waals surface area (Å²) in [5, 5.41) is 18.9. The summed E-state index contributed by atoms with van der Waals surface area (Å²) in [5.74, 6) is -2.07. The van der Waals surface area contributed by atoms with Crippen LogP contribution in [0.5, 0.6) is 0 Å². The third-order valence-corrected chi connectivity index (χ3v) is 4.88. The van der Waals surface area contributed by atoms with Gasteiger partial charge in [-0.1, -0.05) is 76.9 Å². The Morgan fingerprint density at radius 3 is 1.69 bits per heavy atom. The second kappa shape index (κ2) is 19.9. The topological polar surface area (TPSA) is 93.1 Å². The van der Waals surface area contributed by atoms with Crippen molar-refractivity contribution in [2.45, 2.75) is 109 Å². The van der Waals surface area contributed by atoms with Gasteiger partial charge in [-0.15, -0.1) is 0 Å². The lowest BCUT2D eigenvalue weighted by Crippen LogP contribution is -2.41. The standard InChI is InChI=1S/C23H42O6/c1-3-4-5-6-7-8-9-10-11-12-13-14-15-16-17-18-19-29-23(27)21(25)20(24)22(26)28-2/h10-11,20-21,24-25H,3-9,12-19H2,1-2H3/b11-10-. The number of aliphatic hydroxyl groups is 2. The van der Waals surface area contributed by atoms with E-state index in [1.54, 1.807) is 0 Å². The number of methoxy groups -OCH3 is 1. The second-order valence-electron chi connectivity index (χ2n) is 7.52. The van der Waals surface area contributed by atoms with Gasteiger partial charge < -0.3 is 19.7 Å². The molecule has 0 spiro atoms. The van der Waals surface area contributed by atoms with Crippen LogP contribution in [0.1, 0.15) is 96.8 Å². The fourth-order valence-electron chi connectivity index (χ4n) is 2.99. The lowest BCUT2D eigenvalue weighted by Gasteiger charge is -2.14. The molecule has 0 amide bonds. The molecule has 6 nitrogen and oxygen atoms in total. The molecule has 0 radical (unpaired) electrons. The molecule has 0 fully saturated rings. The zero-order valence-electron chi connectivity index (χ0n) is 18.4. The molecular formula is C23H42O6. The SMILES string of the molecule is CCCCCCCC/C=C\CCCCCCCCOC(=O)C(O)C(O)C(=O)OC. The van der Waals surface area contributed by atoms with E-state index in [2.05, 4.69) is 23.8 Å². The largest absolute Gasteiger partial charge is 0.467 e. The predicted octanol–water partition coefficient (Wildman–Crippen LogP) is 4.46. The van der Waals surface area contributed by atoms with Gasteiger partial charge in [0.1, 0.15) is 0 Å². The molecule has 0 aliphatic carbocycles. The van der Waals surface area contributed by atoms with Gasteiger partial charge >= 0.3 is 11.9 Å². The number of carbonyl (C=O) groups excluding carboxylic acids is 2. The average Bonchev–Trinajstić information content (AvgIpc) is 2.73. The smallest absolute Gasteiger partial charge is 0.338 e. The molecule has 0 aromatic carbocycles. The third-order valence-electron chi connectivity index (χ3n) is 4.88. The number of esters is 2. The number of hydrogen-bond acceptors (Lipinski definition) is 6. The molecular weight excluding hydrogens is 372 g/mol. The molecule has 0 heterocycles. The Labute approximate surface area is 176 Å². The van der Waals surface area contributed by atoms with Gasteiger partial charge in [0, 0.05) is 0 Å². The van der Waals surface area contributed by atoms with E-state index < -0.39 is 24.1 Å². The molecule has 0 bridgehead atoms. The maximum atomic E-state index is 11.5. The Balaban J connectivity index is 3.42. The van der Waals surface area contributed by atoms with Crippen LogP contribution in [-0.4, -0.2) is 48.1 Å². The van der Waals surface area contributed by atoms with Crippen molar-refractivity contribution in [3.63, 3.8) is 0 Å². The monoisotopic (exact) mass is 414 g/mol. The quantitative estimate of drug-likeness (QED) is 0.184. The van der Waals surface area contributed by atoms with E-state index in [-0.39, 0.29) is 6.61 Å². The lowest BCUT2D eigenvalue weighted by molar-refractivity contribution is -0.171. The summed E-state index contributed by atoms with van der Waals surface area (Å²) in [7, 11) is 1.07. The van der Waals surface area contributed by atoms with Crippen molar-refractivity contribution in [2.24, 2.45) is 0 Å². The van der Waals surface area contributed by atoms with E-state index in [1.165, 1.54) is 57.8 Å². The number of aliphatic hydroxyl groups excluding tert-OH is 2. The first-order chi connectivity index (χ1) is 14.0. The minimum absolute atomic E-state index is 0.172. The van der Waals surface area contributed by atoms with E-state index in [0.717, 1.165) is 32.8 Å². The fraction of sp³-hybridized carbons (Fsp3) is 0.826. The molecule has 6 heteroatoms. The Bertz CT molecular complexity index is 435. The molecule has 0 saturated heterocycles. The summed E-state index contributed by atoms with van der Waals surface area (Å²) in [6, 6.07) is 0. The van der Waals surface area contributed by atoms with Gasteiger partial charge in [0.2, 0.25) is 0 Å². The van der Waals surface area contributed by atoms with Gasteiger partial charge in [-0.3, -0.25) is 0 Å². The minimum Gasteiger partial charge on any atom is -0.467 e. The molecule has 0 aromatic rings. The van der Waals surface area contributed by atoms with Crippen LogP contribution in [0.3, 0.4) is 0 Å². The van der Waals surface area contributed by atoms with Crippen LogP contribution in [0.15, 0.2) is 12.2 Å². The first-order valence-electron chi connectivity index (χ1n) is 11.3. The van der Waals surface area contributed by atoms with E-state index in [9.17, 15) is 19.8 Å². The van der Waals surface area contributed by atoms with Crippen molar-refractivity contribution in [3.05, 3.63) is 12.2 Å². The van der Waals surface area contributed by atoms with Crippen LogP contribution >= 0.6 is 0 Å². The highest BCUT2D eigenvalue weighted by Gasteiger charge is 2.32. The van der Waals surface area contributed by atoms with Crippen molar-refractivity contribution >= 4 is 11.9 Å². The zero-order chi connectivity index (χ0) is 21.7. The van der Waals surface area contributed by atoms with Crippen molar-refractivity contribution in [1.82, 2.24) is 0 Å². The number of hydrogen-bond donors (Lipinski definition) is 2. The van der Waals surface area contributed by atoms with Crippen molar-refractivity contribution in [2.75, 3.05) is 13.7 Å². The summed E-state index contributed by atoms with van der Waals surface area (Å²) >= 11 is 0. The number of ether oxygens (including phenoxy) is 2. The van der Waals surface area contributed by atoms with Crippen LogP contribution in [0.25, 0.3) is 0 Å². The Kier molecular flexibility index (Phi) is 18.9. The number of carbonyl (C=O) groups is 2. The number of unbranched alkanes of at least 4 members (excludes halogenated alkanes) is 12. The maximum Gasteiger partial charge on any atom is 0.338 e. The molecule has 2 unspecified atom stereocenters. The van der Waals surface area contributed by atoms with Crippen LogP contribution in [0.2, 0.25) is 0 Å². The average molecular weight is 415 g/mol. The lowest BCUT2D eigenvalue weighted by atomic mass is 10.1. The molecule has 170 valence electrons. The van der Waals surface area contributed by atoms with Crippen LogP contribution < -0.4 is 0 Å². The highest BCUT2D eigenvalue weighted by atomic mass is 16.6. The van der Waals surface area contributed by atoms with Crippen molar-refractivity contribution in [1.29, 1.82) is 0 Å². The minimum atomic E-state index is -1.91. The maximum absolute atomic E-state index is 11.5. The van der Waals surface area contributed by atoms with E-state index in [1.807, 2.05) is 0 Å². The van der Waals surface area contributed by atoms with Gasteiger partial charge in [-0.2, -0.15) is 0 Å². The molecule has 2 atom stereocenters. The zero-order valence-corrected chi connectivity index (χ0v) is 18.4. The van der Waals surface area contributed by atoms with Gasteiger partial charge in [-0.25, -0.2) is 9.59 Å². The normalized spacial score (nSPS) is 13.4. The van der Waals surface area contributed by atoms with Gasteiger partial charge in [0.05, 0.1) is 13.7 Å². The number of allylic oxidation sites excluding steroid dienone is 2. The summed E-state index contributed by atoms with van der Waals surface area (Å²) < 4.78 is 9.13. The molecule has 2 N–H and O–H groups in total. The van der Waals surface area contributed by atoms with Crippen LogP contribution in [0, 0.1) is 0 Å². The van der Waals surface area contributed by atoms with Gasteiger partial charge in [0.25, 0.3) is 0 Å². The van der Waals surface area contributed by atoms with Crippen LogP contribution in [-0.2, 0) is 19.1 Å². The highest BCUT2D eigenvalue weighted by molar-refractivity contribution is 5.85. The van der Waals surface area contributed by atoms with E-state index in [4.69, 9.17) is 4.74 Å². The summed E-state index contributed by atoms with van der Waals surface area (Å²) in [4.78, 5) is 22.6. The second-order valence-corrected chi connectivity index (χ2v) is 7.52. The molecule has 29 heavy (non-hydrogen) atoms. The highest BCUT2D eigenvalue weighted by Crippen LogP contribution is 2.10. The van der Waals surface area contributed by atoms with E-state index in [0.29, 0.717) is 6.42 Å². The molecule has 0 aliphatic rings.